The number of aromatic nitrogens is 1. The summed E-state index contributed by atoms with van der Waals surface area (Å²) in [6, 6.07) is 26.0. The fourth-order valence-electron chi connectivity index (χ4n) is 2.93. The van der Waals surface area contributed by atoms with Gasteiger partial charge in [-0.15, -0.1) is 0 Å². The van der Waals surface area contributed by atoms with E-state index in [1.54, 1.807) is 7.11 Å². The van der Waals surface area contributed by atoms with Crippen molar-refractivity contribution < 1.29 is 4.74 Å². The second-order valence-corrected chi connectivity index (χ2v) is 7.61. The fourth-order valence-corrected chi connectivity index (χ4v) is 3.91. The van der Waals surface area contributed by atoms with Crippen LogP contribution in [0.3, 0.4) is 0 Å². The molecule has 4 nitrogen and oxygen atoms in total. The number of nitrogens with two attached hydrogens (primary N) is 1. The molecule has 0 spiro atoms. The number of aryl methyl sites for hydroxylation is 1. The van der Waals surface area contributed by atoms with Crippen LogP contribution in [0.5, 0.6) is 5.75 Å². The maximum atomic E-state index is 6.33. The van der Waals surface area contributed by atoms with E-state index in [0.717, 1.165) is 38.1 Å². The van der Waals surface area contributed by atoms with Gasteiger partial charge in [0, 0.05) is 16.7 Å². The van der Waals surface area contributed by atoms with Crippen molar-refractivity contribution in [1.82, 2.24) is 4.98 Å². The minimum atomic E-state index is 0.448. The average Bonchev–Trinajstić information content (AvgIpc) is 3.18. The number of aliphatic imine (C=N–C) groups is 1. The molecular weight excluding hydrogens is 378 g/mol. The summed E-state index contributed by atoms with van der Waals surface area (Å²) < 4.78 is 5.22. The van der Waals surface area contributed by atoms with Crippen LogP contribution in [-0.2, 0) is 0 Å². The highest BCUT2D eigenvalue weighted by atomic mass is 32.1. The van der Waals surface area contributed by atoms with E-state index in [2.05, 4.69) is 43.3 Å². The first-order chi connectivity index (χ1) is 14.1. The van der Waals surface area contributed by atoms with E-state index in [-0.39, 0.29) is 0 Å². The van der Waals surface area contributed by atoms with Gasteiger partial charge in [0.25, 0.3) is 0 Å². The third-order valence-corrected chi connectivity index (χ3v) is 5.56. The Hall–Kier alpha value is -3.44. The van der Waals surface area contributed by atoms with Crippen molar-refractivity contribution in [1.29, 1.82) is 0 Å². The molecule has 0 amide bonds. The lowest BCUT2D eigenvalue weighted by Gasteiger charge is -2.04. The van der Waals surface area contributed by atoms with E-state index < -0.39 is 0 Å². The summed E-state index contributed by atoms with van der Waals surface area (Å²) in [5, 5.41) is 1.71. The van der Waals surface area contributed by atoms with Gasteiger partial charge in [-0.2, -0.15) is 0 Å². The second-order valence-electron chi connectivity index (χ2n) is 6.63. The fraction of sp³-hybridized carbons (Fsp3) is 0.0833. The maximum Gasteiger partial charge on any atom is 0.146 e. The first kappa shape index (κ1) is 18.9. The predicted molar refractivity (Wildman–Crippen MR) is 121 cm³/mol. The van der Waals surface area contributed by atoms with Crippen molar-refractivity contribution in [2.75, 3.05) is 7.11 Å². The van der Waals surface area contributed by atoms with Crippen molar-refractivity contribution in [2.24, 2.45) is 10.7 Å². The predicted octanol–water partition coefficient (Wildman–Crippen LogP) is 5.83. The number of hydrogen-bond donors (Lipinski definition) is 1. The lowest BCUT2D eigenvalue weighted by Crippen LogP contribution is -2.12. The Balaban J connectivity index is 1.79. The Morgan fingerprint density at radius 2 is 1.59 bits per heavy atom. The van der Waals surface area contributed by atoms with Gasteiger partial charge in [-0.1, -0.05) is 71.5 Å². The molecule has 0 saturated carbocycles. The van der Waals surface area contributed by atoms with Crippen molar-refractivity contribution in [2.45, 2.75) is 6.92 Å². The minimum Gasteiger partial charge on any atom is -0.497 e. The van der Waals surface area contributed by atoms with Crippen LogP contribution in [0, 0.1) is 6.92 Å². The van der Waals surface area contributed by atoms with Crippen molar-refractivity contribution in [3.05, 3.63) is 90.0 Å². The molecule has 0 saturated heterocycles. The highest BCUT2D eigenvalue weighted by Crippen LogP contribution is 2.40. The van der Waals surface area contributed by atoms with Gasteiger partial charge in [0.1, 0.15) is 27.3 Å². The summed E-state index contributed by atoms with van der Waals surface area (Å²) in [7, 11) is 1.64. The Morgan fingerprint density at radius 1 is 0.897 bits per heavy atom. The number of amidine groups is 1. The van der Waals surface area contributed by atoms with E-state index >= 15 is 0 Å². The number of benzene rings is 3. The largest absolute Gasteiger partial charge is 0.497 e. The summed E-state index contributed by atoms with van der Waals surface area (Å²) in [6.07, 6.45) is 0. The van der Waals surface area contributed by atoms with Gasteiger partial charge < -0.3 is 10.5 Å². The molecule has 0 aliphatic rings. The molecule has 0 atom stereocenters. The molecule has 4 aromatic rings. The quantitative estimate of drug-likeness (QED) is 0.339. The Bertz CT molecular complexity index is 1130. The van der Waals surface area contributed by atoms with Crippen molar-refractivity contribution in [3.63, 3.8) is 0 Å². The molecule has 0 radical (unpaired) electrons. The molecule has 0 bridgehead atoms. The van der Waals surface area contributed by atoms with Crippen LogP contribution >= 0.6 is 11.3 Å². The lowest BCUT2D eigenvalue weighted by atomic mass is 10.1. The number of nitrogens with zero attached hydrogens (tertiary/aromatic N) is 2. The Kier molecular flexibility index (Phi) is 5.40. The molecule has 1 heterocycles. The molecule has 3 aromatic carbocycles. The number of hydrogen-bond acceptors (Lipinski definition) is 4. The summed E-state index contributed by atoms with van der Waals surface area (Å²) in [6.45, 7) is 2.07. The van der Waals surface area contributed by atoms with Crippen LogP contribution in [0.15, 0.2) is 83.9 Å². The van der Waals surface area contributed by atoms with Gasteiger partial charge in [-0.3, -0.25) is 0 Å². The van der Waals surface area contributed by atoms with Crippen LogP contribution in [0.1, 0.15) is 11.1 Å². The average molecular weight is 400 g/mol. The smallest absolute Gasteiger partial charge is 0.146 e. The monoisotopic (exact) mass is 399 g/mol. The molecule has 29 heavy (non-hydrogen) atoms. The first-order valence-electron chi connectivity index (χ1n) is 9.26. The zero-order valence-corrected chi connectivity index (χ0v) is 17.1. The zero-order chi connectivity index (χ0) is 20.2. The normalized spacial score (nSPS) is 11.4. The molecule has 2 N–H and O–H groups in total. The zero-order valence-electron chi connectivity index (χ0n) is 16.3. The van der Waals surface area contributed by atoms with Gasteiger partial charge in [-0.25, -0.2) is 9.98 Å². The molecule has 0 aliphatic carbocycles. The van der Waals surface area contributed by atoms with E-state index in [9.17, 15) is 0 Å². The van der Waals surface area contributed by atoms with Gasteiger partial charge in [0.05, 0.1) is 7.11 Å². The topological polar surface area (TPSA) is 60.5 Å². The second kappa shape index (κ2) is 8.29. The third kappa shape index (κ3) is 4.20. The van der Waals surface area contributed by atoms with Gasteiger partial charge in [0.2, 0.25) is 0 Å². The highest BCUT2D eigenvalue weighted by Gasteiger charge is 2.15. The molecule has 5 heteroatoms. The number of methoxy groups -OCH3 is 1. The first-order valence-corrected chi connectivity index (χ1v) is 10.1. The van der Waals surface area contributed by atoms with Crippen LogP contribution in [0.4, 0.5) is 5.00 Å². The molecule has 0 aliphatic heterocycles. The van der Waals surface area contributed by atoms with E-state index in [4.69, 9.17) is 20.4 Å². The maximum absolute atomic E-state index is 6.33. The standard InChI is InChI=1S/C24H21N3OS/c1-16-8-10-17(11-9-16)21-24(29-23(26-21)19-6-4-3-5-7-19)27-22(25)18-12-14-20(28-2)15-13-18/h3-15H,1-2H3,(H2,25,27). The highest BCUT2D eigenvalue weighted by molar-refractivity contribution is 7.19. The van der Waals surface area contributed by atoms with Crippen molar-refractivity contribution >= 4 is 22.2 Å². The van der Waals surface area contributed by atoms with Crippen LogP contribution in [0.25, 0.3) is 21.8 Å². The molecule has 0 fully saturated rings. The molecule has 4 rings (SSSR count). The van der Waals surface area contributed by atoms with Gasteiger partial charge in [-0.05, 0) is 31.2 Å². The Labute approximate surface area is 174 Å². The number of ether oxygens (including phenoxy) is 1. The number of thiazole rings is 1. The summed E-state index contributed by atoms with van der Waals surface area (Å²) in [5.41, 5.74) is 11.3. The van der Waals surface area contributed by atoms with Crippen LogP contribution in [0.2, 0.25) is 0 Å². The number of rotatable bonds is 5. The minimum absolute atomic E-state index is 0.448. The van der Waals surface area contributed by atoms with Crippen LogP contribution in [-0.4, -0.2) is 17.9 Å². The van der Waals surface area contributed by atoms with E-state index in [1.807, 2.05) is 42.5 Å². The SMILES string of the molecule is COc1ccc(/C(N)=N/c2sc(-c3ccccc3)nc2-c2ccc(C)cc2)cc1. The summed E-state index contributed by atoms with van der Waals surface area (Å²) in [4.78, 5) is 9.63. The van der Waals surface area contributed by atoms with Gasteiger partial charge >= 0.3 is 0 Å². The van der Waals surface area contributed by atoms with Crippen LogP contribution < -0.4 is 10.5 Å². The molecule has 0 unspecified atom stereocenters. The van der Waals surface area contributed by atoms with E-state index in [0.29, 0.717) is 5.84 Å². The molecular formula is C24H21N3OS. The Morgan fingerprint density at radius 3 is 2.24 bits per heavy atom. The third-order valence-electron chi connectivity index (χ3n) is 4.56. The van der Waals surface area contributed by atoms with E-state index in [1.165, 1.54) is 16.9 Å². The van der Waals surface area contributed by atoms with Gasteiger partial charge in [0.15, 0.2) is 0 Å². The summed E-state index contributed by atoms with van der Waals surface area (Å²) >= 11 is 1.54. The van der Waals surface area contributed by atoms with Crippen molar-refractivity contribution in [3.8, 4) is 27.6 Å². The molecule has 144 valence electrons. The summed E-state index contributed by atoms with van der Waals surface area (Å²) in [5.74, 6) is 1.23. The molecule has 1 aromatic heterocycles. The lowest BCUT2D eigenvalue weighted by molar-refractivity contribution is 0.415.